The summed E-state index contributed by atoms with van der Waals surface area (Å²) in [5.41, 5.74) is 2.30. The molecule has 1 aliphatic rings. The maximum atomic E-state index is 13.9. The Bertz CT molecular complexity index is 1730. The van der Waals surface area contributed by atoms with Crippen LogP contribution in [-0.2, 0) is 29.4 Å². The number of nitrogens with zero attached hydrogens (tertiary/aromatic N) is 3. The molecule has 1 aliphatic heterocycles. The average Bonchev–Trinajstić information content (AvgIpc) is 3.58. The zero-order chi connectivity index (χ0) is 36.1. The highest BCUT2D eigenvalue weighted by Gasteiger charge is 2.58. The number of benzene rings is 3. The molecule has 13 heteroatoms. The summed E-state index contributed by atoms with van der Waals surface area (Å²) in [5.74, 6) is -0.903. The first kappa shape index (κ1) is 36.3. The molecule has 50 heavy (non-hydrogen) atoms. The van der Waals surface area contributed by atoms with Gasteiger partial charge in [-0.2, -0.15) is 0 Å². The largest absolute Gasteiger partial charge is 0.508 e. The Kier molecular flexibility index (Phi) is 10.8. The van der Waals surface area contributed by atoms with Crippen molar-refractivity contribution >= 4 is 48.4 Å². The van der Waals surface area contributed by atoms with Crippen molar-refractivity contribution < 1.29 is 28.7 Å². The molecule has 1 saturated heterocycles. The molecule has 0 radical (unpaired) electrons. The average molecular weight is 714 g/mol. The minimum Gasteiger partial charge on any atom is -0.438 e. The molecular formula is C37H43N5O6SSi. The number of hydrogen-bond acceptors (Lipinski definition) is 10. The number of aromatic nitrogens is 1. The molecule has 2 atom stereocenters. The third-order valence-electron chi connectivity index (χ3n) is 9.54. The van der Waals surface area contributed by atoms with Crippen LogP contribution in [0.15, 0.2) is 102 Å². The van der Waals surface area contributed by atoms with Crippen molar-refractivity contribution in [3.05, 3.63) is 119 Å². The van der Waals surface area contributed by atoms with Crippen LogP contribution >= 0.6 is 11.3 Å². The van der Waals surface area contributed by atoms with Crippen LogP contribution in [0.2, 0.25) is 18.1 Å². The second kappa shape index (κ2) is 14.8. The summed E-state index contributed by atoms with van der Waals surface area (Å²) < 4.78 is 11.7. The minimum absolute atomic E-state index is 0.104. The molecule has 262 valence electrons. The van der Waals surface area contributed by atoms with E-state index in [1.54, 1.807) is 9.95 Å². The first-order valence-electron chi connectivity index (χ1n) is 16.2. The van der Waals surface area contributed by atoms with Crippen molar-refractivity contribution in [1.29, 1.82) is 0 Å². The lowest BCUT2D eigenvalue weighted by molar-refractivity contribution is -0.148. The van der Waals surface area contributed by atoms with Gasteiger partial charge in [0.2, 0.25) is 5.91 Å². The molecule has 5 rings (SSSR count). The number of anilines is 1. The van der Waals surface area contributed by atoms with E-state index in [1.807, 2.05) is 54.6 Å². The molecule has 0 aliphatic carbocycles. The van der Waals surface area contributed by atoms with Crippen LogP contribution in [0, 0.1) is 0 Å². The van der Waals surface area contributed by atoms with Crippen molar-refractivity contribution in [3.63, 3.8) is 0 Å². The predicted molar refractivity (Wildman–Crippen MR) is 197 cm³/mol. The van der Waals surface area contributed by atoms with E-state index in [9.17, 15) is 14.4 Å². The summed E-state index contributed by atoms with van der Waals surface area (Å²) >= 11 is 1.31. The van der Waals surface area contributed by atoms with Gasteiger partial charge >= 0.3 is 6.16 Å². The molecule has 0 saturated carbocycles. The number of amides is 2. The van der Waals surface area contributed by atoms with Crippen LogP contribution < -0.4 is 10.6 Å². The molecule has 2 N–H and O–H groups in total. The fourth-order valence-corrected chi connectivity index (χ4v) is 9.24. The fourth-order valence-electron chi connectivity index (χ4n) is 6.02. The van der Waals surface area contributed by atoms with Crippen LogP contribution in [0.3, 0.4) is 0 Å². The highest BCUT2D eigenvalue weighted by Crippen LogP contribution is 2.43. The lowest BCUT2D eigenvalue weighted by Crippen LogP contribution is -2.80. The Hall–Kier alpha value is -5.01. The van der Waals surface area contributed by atoms with Crippen molar-refractivity contribution in [3.8, 4) is 0 Å². The maximum Gasteiger partial charge on any atom is 0.508 e. The number of carbonyl (C=O) groups is 3. The van der Waals surface area contributed by atoms with Crippen molar-refractivity contribution in [2.75, 3.05) is 26.1 Å². The van der Waals surface area contributed by atoms with Crippen molar-refractivity contribution in [1.82, 2.24) is 14.9 Å². The minimum atomic E-state index is -2.41. The number of rotatable bonds is 12. The number of ether oxygens (including phenoxy) is 2. The normalized spacial score (nSPS) is 16.7. The van der Waals surface area contributed by atoms with E-state index < -0.39 is 37.9 Å². The van der Waals surface area contributed by atoms with E-state index in [2.05, 4.69) is 90.8 Å². The Labute approximate surface area is 297 Å². The Balaban J connectivity index is 1.46. The van der Waals surface area contributed by atoms with E-state index in [0.29, 0.717) is 5.13 Å². The van der Waals surface area contributed by atoms with Gasteiger partial charge in [-0.15, -0.1) is 11.3 Å². The molecule has 0 spiro atoms. The second-order valence-corrected chi connectivity index (χ2v) is 19.4. The van der Waals surface area contributed by atoms with Gasteiger partial charge in [0, 0.05) is 5.38 Å². The number of methoxy groups -OCH3 is 1. The fraction of sp³-hybridized carbons (Fsp3) is 0.324. The standard InChI is InChI=1S/C37H43N5O6SSi/c1-36(2,3)50(6,7)42-29(23-48-35(45)46-4)31(33(42)44)39-32(43)30(41-47-5)28-24-49-34(38-28)40-37(25-17-11-8-12-18-25,26-19-13-9-14-20-26)27-21-15-10-16-22-27/h8-22,24,29,31H,23H2,1-7H3,(H,38,40)(H,39,43)/b41-30-/t29-,31+/m0/s1. The SMILES string of the molecule is CO/N=C(\C(=O)N[C@H]1C(=O)N([Si](C)(C)C(C)(C)C)[C@H]1COC(=O)OC)c1csc(NC(c2ccccc2)(c2ccccc2)c2ccccc2)n1. The van der Waals surface area contributed by atoms with Crippen molar-refractivity contribution in [2.45, 2.75) is 56.5 Å². The van der Waals surface area contributed by atoms with E-state index >= 15 is 0 Å². The Morgan fingerprint density at radius 1 is 0.900 bits per heavy atom. The van der Waals surface area contributed by atoms with Crippen LogP contribution in [0.5, 0.6) is 0 Å². The van der Waals surface area contributed by atoms with Gasteiger partial charge in [0.15, 0.2) is 19.1 Å². The number of β-lactam (4-membered cyclic amide) rings is 1. The maximum absolute atomic E-state index is 13.9. The summed E-state index contributed by atoms with van der Waals surface area (Å²) in [7, 11) is 0.147. The molecule has 1 fully saturated rings. The quantitative estimate of drug-likeness (QED) is 0.0432. The Morgan fingerprint density at radius 3 is 1.88 bits per heavy atom. The molecular weight excluding hydrogens is 671 g/mol. The van der Waals surface area contributed by atoms with E-state index in [0.717, 1.165) is 16.7 Å². The van der Waals surface area contributed by atoms with Gasteiger partial charge in [0.1, 0.15) is 31.0 Å². The van der Waals surface area contributed by atoms with E-state index in [1.165, 1.54) is 25.6 Å². The molecule has 0 bridgehead atoms. The second-order valence-electron chi connectivity index (χ2n) is 13.4. The molecule has 1 aromatic heterocycles. The van der Waals surface area contributed by atoms with Crippen LogP contribution in [0.1, 0.15) is 43.2 Å². The molecule has 2 amide bonds. The zero-order valence-electron chi connectivity index (χ0n) is 29.3. The molecule has 2 heterocycles. The van der Waals surface area contributed by atoms with Crippen LogP contribution in [-0.4, -0.2) is 74.4 Å². The van der Waals surface area contributed by atoms with Gasteiger partial charge in [0.05, 0.1) is 13.2 Å². The molecule has 0 unspecified atom stereocenters. The van der Waals surface area contributed by atoms with Gasteiger partial charge in [-0.1, -0.05) is 130 Å². The van der Waals surface area contributed by atoms with E-state index in [-0.39, 0.29) is 29.0 Å². The summed E-state index contributed by atoms with van der Waals surface area (Å²) in [5, 5.41) is 12.6. The number of nitrogens with one attached hydrogen (secondary N) is 2. The van der Waals surface area contributed by atoms with Gasteiger partial charge in [-0.3, -0.25) is 9.59 Å². The number of thiazole rings is 1. The lowest BCUT2D eigenvalue weighted by Gasteiger charge is -2.57. The van der Waals surface area contributed by atoms with E-state index in [4.69, 9.17) is 14.6 Å². The number of oxime groups is 1. The molecule has 3 aromatic carbocycles. The van der Waals surface area contributed by atoms with Gasteiger partial charge in [-0.05, 0) is 21.7 Å². The zero-order valence-corrected chi connectivity index (χ0v) is 31.1. The van der Waals surface area contributed by atoms with Crippen LogP contribution in [0.25, 0.3) is 0 Å². The first-order valence-corrected chi connectivity index (χ1v) is 20.0. The first-order chi connectivity index (χ1) is 23.8. The van der Waals surface area contributed by atoms with Gasteiger partial charge < -0.3 is 29.5 Å². The van der Waals surface area contributed by atoms with Crippen LogP contribution in [0.4, 0.5) is 9.93 Å². The third-order valence-corrected chi connectivity index (χ3v) is 15.7. The summed E-state index contributed by atoms with van der Waals surface area (Å²) in [4.78, 5) is 49.4. The lowest BCUT2D eigenvalue weighted by atomic mass is 9.77. The number of hydrogen-bond donors (Lipinski definition) is 2. The van der Waals surface area contributed by atoms with Gasteiger partial charge in [0.25, 0.3) is 5.91 Å². The van der Waals surface area contributed by atoms with Gasteiger partial charge in [-0.25, -0.2) is 9.78 Å². The summed E-state index contributed by atoms with van der Waals surface area (Å²) in [6, 6.07) is 28.7. The molecule has 11 nitrogen and oxygen atoms in total. The summed E-state index contributed by atoms with van der Waals surface area (Å²) in [6.45, 7) is 10.3. The summed E-state index contributed by atoms with van der Waals surface area (Å²) in [6.07, 6.45) is -0.869. The molecule has 4 aromatic rings. The predicted octanol–water partition coefficient (Wildman–Crippen LogP) is 6.38. The van der Waals surface area contributed by atoms with Crippen molar-refractivity contribution in [2.24, 2.45) is 5.16 Å². The third kappa shape index (κ3) is 7.01. The number of carbonyl (C=O) groups excluding carboxylic acids is 3. The smallest absolute Gasteiger partial charge is 0.438 e. The Morgan fingerprint density at radius 2 is 1.42 bits per heavy atom. The topological polar surface area (TPSA) is 131 Å². The monoisotopic (exact) mass is 713 g/mol. The highest BCUT2D eigenvalue weighted by molar-refractivity contribution is 7.14. The highest BCUT2D eigenvalue weighted by atomic mass is 32.1.